The number of ether oxygens (including phenoxy) is 2. The molecule has 0 aromatic heterocycles. The van der Waals surface area contributed by atoms with Crippen molar-refractivity contribution in [3.8, 4) is 5.75 Å². The zero-order valence-electron chi connectivity index (χ0n) is 18.2. The second-order valence-corrected chi connectivity index (χ2v) is 8.39. The van der Waals surface area contributed by atoms with Gasteiger partial charge in [0.05, 0.1) is 19.8 Å². The number of para-hydroxylation sites is 1. The summed E-state index contributed by atoms with van der Waals surface area (Å²) in [5.74, 6) is 1.47. The van der Waals surface area contributed by atoms with Gasteiger partial charge < -0.3 is 14.4 Å². The molecule has 0 radical (unpaired) electrons. The van der Waals surface area contributed by atoms with Crippen LogP contribution in [-0.4, -0.2) is 50.9 Å². The molecule has 2 aromatic carbocycles. The van der Waals surface area contributed by atoms with Gasteiger partial charge in [0.1, 0.15) is 5.75 Å². The predicted octanol–water partition coefficient (Wildman–Crippen LogP) is 4.84. The van der Waals surface area contributed by atoms with Crippen LogP contribution in [-0.2, 0) is 11.3 Å². The van der Waals surface area contributed by atoms with Crippen LogP contribution in [0.25, 0.3) is 0 Å². The molecule has 1 atom stereocenters. The van der Waals surface area contributed by atoms with Crippen LogP contribution in [0.15, 0.2) is 54.6 Å². The minimum absolute atomic E-state index is 0.412. The Labute approximate surface area is 176 Å². The highest BCUT2D eigenvalue weighted by Gasteiger charge is 2.25. The summed E-state index contributed by atoms with van der Waals surface area (Å²) in [4.78, 5) is 5.10. The summed E-state index contributed by atoms with van der Waals surface area (Å²) >= 11 is 0. The average Bonchev–Trinajstić information content (AvgIpc) is 3.28. The van der Waals surface area contributed by atoms with Gasteiger partial charge in [-0.05, 0) is 61.7 Å². The van der Waals surface area contributed by atoms with E-state index in [2.05, 4.69) is 66.1 Å². The first kappa shape index (κ1) is 21.7. The molecule has 2 aromatic rings. The lowest BCUT2D eigenvalue weighted by molar-refractivity contribution is 0.0567. The second kappa shape index (κ2) is 11.2. The first-order valence-electron chi connectivity index (χ1n) is 10.9. The molecule has 4 nitrogen and oxygen atoms in total. The number of likely N-dealkylation sites (tertiary alicyclic amines) is 1. The molecule has 1 aliphatic rings. The van der Waals surface area contributed by atoms with Crippen molar-refractivity contribution in [2.24, 2.45) is 5.92 Å². The number of hydrogen-bond donors (Lipinski definition) is 0. The van der Waals surface area contributed by atoms with E-state index in [1.807, 2.05) is 12.1 Å². The Morgan fingerprint density at radius 3 is 2.24 bits per heavy atom. The third kappa shape index (κ3) is 6.76. The quantitative estimate of drug-likeness (QED) is 0.543. The Morgan fingerprint density at radius 1 is 0.931 bits per heavy atom. The van der Waals surface area contributed by atoms with Gasteiger partial charge in [0.25, 0.3) is 0 Å². The van der Waals surface area contributed by atoms with Crippen molar-refractivity contribution in [3.63, 3.8) is 0 Å². The minimum Gasteiger partial charge on any atom is -0.497 e. The van der Waals surface area contributed by atoms with Crippen molar-refractivity contribution in [2.45, 2.75) is 39.3 Å². The van der Waals surface area contributed by atoms with E-state index >= 15 is 0 Å². The maximum Gasteiger partial charge on any atom is 0.118 e. The van der Waals surface area contributed by atoms with Crippen LogP contribution in [0.4, 0.5) is 5.69 Å². The molecule has 1 heterocycles. The molecule has 0 amide bonds. The number of rotatable bonds is 11. The Hall–Kier alpha value is -2.04. The van der Waals surface area contributed by atoms with Gasteiger partial charge in [0.15, 0.2) is 0 Å². The van der Waals surface area contributed by atoms with Crippen molar-refractivity contribution < 1.29 is 9.47 Å². The number of nitrogens with zero attached hydrogens (tertiary/aromatic N) is 2. The first-order valence-corrected chi connectivity index (χ1v) is 10.9. The van der Waals surface area contributed by atoms with Crippen LogP contribution >= 0.6 is 0 Å². The van der Waals surface area contributed by atoms with Gasteiger partial charge in [0, 0.05) is 25.4 Å². The van der Waals surface area contributed by atoms with Gasteiger partial charge in [-0.3, -0.25) is 4.90 Å². The average molecular weight is 397 g/mol. The van der Waals surface area contributed by atoms with Crippen molar-refractivity contribution in [3.05, 3.63) is 60.2 Å². The smallest absolute Gasteiger partial charge is 0.118 e. The Balaban J connectivity index is 1.75. The molecule has 1 saturated heterocycles. The lowest BCUT2D eigenvalue weighted by Crippen LogP contribution is -2.45. The van der Waals surface area contributed by atoms with E-state index in [4.69, 9.17) is 9.47 Å². The summed E-state index contributed by atoms with van der Waals surface area (Å²) in [5, 5.41) is 0. The maximum atomic E-state index is 6.10. The maximum absolute atomic E-state index is 6.10. The van der Waals surface area contributed by atoms with E-state index < -0.39 is 0 Å². The van der Waals surface area contributed by atoms with E-state index in [0.29, 0.717) is 12.0 Å². The van der Waals surface area contributed by atoms with E-state index in [9.17, 15) is 0 Å². The van der Waals surface area contributed by atoms with Gasteiger partial charge in [-0.1, -0.05) is 44.2 Å². The molecule has 1 aliphatic heterocycles. The SMILES string of the molecule is COc1ccc(CN(CC(COCC(C)C)N2CCCC2)c2ccccc2)cc1. The molecule has 158 valence electrons. The van der Waals surface area contributed by atoms with Crippen LogP contribution in [0, 0.1) is 5.92 Å². The van der Waals surface area contributed by atoms with Crippen molar-refractivity contribution in [1.29, 1.82) is 0 Å². The monoisotopic (exact) mass is 396 g/mol. The Bertz CT molecular complexity index is 697. The highest BCUT2D eigenvalue weighted by molar-refractivity contribution is 5.47. The Kier molecular flexibility index (Phi) is 8.38. The van der Waals surface area contributed by atoms with Gasteiger partial charge in [0.2, 0.25) is 0 Å². The van der Waals surface area contributed by atoms with E-state index in [1.165, 1.54) is 37.2 Å². The van der Waals surface area contributed by atoms with Crippen LogP contribution in [0.2, 0.25) is 0 Å². The Morgan fingerprint density at radius 2 is 1.62 bits per heavy atom. The lowest BCUT2D eigenvalue weighted by Gasteiger charge is -2.34. The summed E-state index contributed by atoms with van der Waals surface area (Å²) in [6.45, 7) is 10.3. The highest BCUT2D eigenvalue weighted by Crippen LogP contribution is 2.22. The normalized spacial score (nSPS) is 15.6. The topological polar surface area (TPSA) is 24.9 Å². The fraction of sp³-hybridized carbons (Fsp3) is 0.520. The molecular weight excluding hydrogens is 360 g/mol. The molecule has 1 fully saturated rings. The molecule has 0 saturated carbocycles. The van der Waals surface area contributed by atoms with Crippen LogP contribution in [0.1, 0.15) is 32.3 Å². The van der Waals surface area contributed by atoms with E-state index in [-0.39, 0.29) is 0 Å². The largest absolute Gasteiger partial charge is 0.497 e. The molecular formula is C25H36N2O2. The lowest BCUT2D eigenvalue weighted by atomic mass is 10.1. The predicted molar refractivity (Wildman–Crippen MR) is 121 cm³/mol. The third-order valence-corrected chi connectivity index (χ3v) is 5.50. The molecule has 29 heavy (non-hydrogen) atoms. The highest BCUT2D eigenvalue weighted by atomic mass is 16.5. The van der Waals surface area contributed by atoms with Crippen LogP contribution in [0.3, 0.4) is 0 Å². The summed E-state index contributed by atoms with van der Waals surface area (Å²) in [7, 11) is 1.71. The summed E-state index contributed by atoms with van der Waals surface area (Å²) < 4.78 is 11.4. The zero-order chi connectivity index (χ0) is 20.5. The third-order valence-electron chi connectivity index (χ3n) is 5.50. The molecule has 0 spiro atoms. The zero-order valence-corrected chi connectivity index (χ0v) is 18.2. The molecule has 1 unspecified atom stereocenters. The van der Waals surface area contributed by atoms with Crippen molar-refractivity contribution in [2.75, 3.05) is 44.9 Å². The molecule has 0 bridgehead atoms. The molecule has 0 aliphatic carbocycles. The molecule has 4 heteroatoms. The number of methoxy groups -OCH3 is 1. The van der Waals surface area contributed by atoms with Gasteiger partial charge >= 0.3 is 0 Å². The van der Waals surface area contributed by atoms with Crippen LogP contribution < -0.4 is 9.64 Å². The number of hydrogen-bond acceptors (Lipinski definition) is 4. The first-order chi connectivity index (χ1) is 14.2. The van der Waals surface area contributed by atoms with E-state index in [0.717, 1.165) is 32.1 Å². The standard InChI is InChI=1S/C25H36N2O2/c1-21(2)19-29-20-24(26-15-7-8-16-26)18-27(23-9-5-4-6-10-23)17-22-11-13-25(28-3)14-12-22/h4-6,9-14,21,24H,7-8,15-20H2,1-3H3. The number of anilines is 1. The van der Waals surface area contributed by atoms with Gasteiger partial charge in [-0.2, -0.15) is 0 Å². The van der Waals surface area contributed by atoms with Crippen LogP contribution in [0.5, 0.6) is 5.75 Å². The second-order valence-electron chi connectivity index (χ2n) is 8.39. The fourth-order valence-corrected chi connectivity index (χ4v) is 3.93. The van der Waals surface area contributed by atoms with Gasteiger partial charge in [-0.25, -0.2) is 0 Å². The molecule has 3 rings (SSSR count). The summed E-state index contributed by atoms with van der Waals surface area (Å²) in [5.41, 5.74) is 2.55. The van der Waals surface area contributed by atoms with E-state index in [1.54, 1.807) is 7.11 Å². The summed E-state index contributed by atoms with van der Waals surface area (Å²) in [6.07, 6.45) is 2.59. The summed E-state index contributed by atoms with van der Waals surface area (Å²) in [6, 6.07) is 19.6. The van der Waals surface area contributed by atoms with Crippen molar-refractivity contribution in [1.82, 2.24) is 4.90 Å². The minimum atomic E-state index is 0.412. The van der Waals surface area contributed by atoms with Gasteiger partial charge in [-0.15, -0.1) is 0 Å². The molecule has 0 N–H and O–H groups in total. The fourth-order valence-electron chi connectivity index (χ4n) is 3.93. The van der Waals surface area contributed by atoms with Crippen molar-refractivity contribution >= 4 is 5.69 Å². The number of benzene rings is 2.